The molecule has 4 rings (SSSR count). The van der Waals surface area contributed by atoms with E-state index in [4.69, 9.17) is 0 Å². The number of nitrogens with one attached hydrogen (secondary N) is 2. The molecule has 0 saturated carbocycles. The van der Waals surface area contributed by atoms with Gasteiger partial charge >= 0.3 is 0 Å². The quantitative estimate of drug-likeness (QED) is 0.541. The standard InChI is InChI=1S/C26H25N3O4/c1-3-27-24(31)18-13-12-16(2)21(15-18)28-22(30)11-6-14-29-25(32)19-9-4-7-17-8-5-10-20(23(17)19)26(29)33/h4-5,7-10,12-13,15H,3,6,11,14H2,1-2H3,(H,27,31)(H,28,30). The van der Waals surface area contributed by atoms with Gasteiger partial charge in [-0.2, -0.15) is 0 Å². The zero-order chi connectivity index (χ0) is 23.5. The van der Waals surface area contributed by atoms with Gasteiger partial charge in [0.2, 0.25) is 5.91 Å². The molecule has 0 saturated heterocycles. The van der Waals surface area contributed by atoms with Crippen molar-refractivity contribution in [2.75, 3.05) is 18.4 Å². The summed E-state index contributed by atoms with van der Waals surface area (Å²) in [6, 6.07) is 16.0. The average Bonchev–Trinajstić information content (AvgIpc) is 2.81. The van der Waals surface area contributed by atoms with E-state index in [0.717, 1.165) is 10.9 Å². The van der Waals surface area contributed by atoms with Crippen molar-refractivity contribution in [2.24, 2.45) is 0 Å². The van der Waals surface area contributed by atoms with Crippen LogP contribution in [-0.4, -0.2) is 41.6 Å². The maximum absolute atomic E-state index is 12.9. The van der Waals surface area contributed by atoms with E-state index in [1.54, 1.807) is 42.5 Å². The Bertz CT molecular complexity index is 1230. The molecule has 0 spiro atoms. The minimum Gasteiger partial charge on any atom is -0.352 e. The maximum Gasteiger partial charge on any atom is 0.261 e. The summed E-state index contributed by atoms with van der Waals surface area (Å²) in [4.78, 5) is 51.7. The molecule has 0 fully saturated rings. The van der Waals surface area contributed by atoms with Gasteiger partial charge in [-0.25, -0.2) is 0 Å². The second-order valence-electron chi connectivity index (χ2n) is 8.01. The van der Waals surface area contributed by atoms with Gasteiger partial charge in [-0.1, -0.05) is 30.3 Å². The maximum atomic E-state index is 12.9. The molecule has 0 unspecified atom stereocenters. The summed E-state index contributed by atoms with van der Waals surface area (Å²) in [6.45, 7) is 4.35. The van der Waals surface area contributed by atoms with Crippen LogP contribution in [0, 0.1) is 6.92 Å². The van der Waals surface area contributed by atoms with E-state index in [9.17, 15) is 19.2 Å². The molecule has 7 nitrogen and oxygen atoms in total. The van der Waals surface area contributed by atoms with E-state index in [0.29, 0.717) is 40.7 Å². The lowest BCUT2D eigenvalue weighted by Gasteiger charge is -2.27. The molecule has 2 N–H and O–H groups in total. The summed E-state index contributed by atoms with van der Waals surface area (Å²) in [5.74, 6) is -1.12. The van der Waals surface area contributed by atoms with Gasteiger partial charge < -0.3 is 10.6 Å². The van der Waals surface area contributed by atoms with Crippen molar-refractivity contribution in [1.82, 2.24) is 10.2 Å². The van der Waals surface area contributed by atoms with E-state index in [2.05, 4.69) is 10.6 Å². The minimum absolute atomic E-state index is 0.133. The number of amides is 4. The highest BCUT2D eigenvalue weighted by Crippen LogP contribution is 2.30. The second-order valence-corrected chi connectivity index (χ2v) is 8.01. The Labute approximate surface area is 191 Å². The van der Waals surface area contributed by atoms with E-state index in [-0.39, 0.29) is 36.6 Å². The highest BCUT2D eigenvalue weighted by atomic mass is 16.2. The van der Waals surface area contributed by atoms with Crippen molar-refractivity contribution in [3.05, 3.63) is 76.9 Å². The second kappa shape index (κ2) is 9.24. The SMILES string of the molecule is CCNC(=O)c1ccc(C)c(NC(=O)CCCN2C(=O)c3cccc4cccc(c34)C2=O)c1. The lowest BCUT2D eigenvalue weighted by atomic mass is 9.94. The zero-order valence-electron chi connectivity index (χ0n) is 18.6. The van der Waals surface area contributed by atoms with Crippen LogP contribution in [0.5, 0.6) is 0 Å². The Morgan fingerprint density at radius 2 is 1.61 bits per heavy atom. The summed E-state index contributed by atoms with van der Waals surface area (Å²) in [5.41, 5.74) is 2.88. The van der Waals surface area contributed by atoms with Crippen molar-refractivity contribution >= 4 is 40.1 Å². The summed E-state index contributed by atoms with van der Waals surface area (Å²) < 4.78 is 0. The molecule has 33 heavy (non-hydrogen) atoms. The van der Waals surface area contributed by atoms with Crippen LogP contribution in [0.2, 0.25) is 0 Å². The first-order chi connectivity index (χ1) is 15.9. The van der Waals surface area contributed by atoms with Gasteiger partial charge in [-0.3, -0.25) is 24.1 Å². The molecule has 0 radical (unpaired) electrons. The fourth-order valence-corrected chi connectivity index (χ4v) is 4.05. The molecule has 1 aliphatic heterocycles. The van der Waals surface area contributed by atoms with Crippen molar-refractivity contribution < 1.29 is 19.2 Å². The third kappa shape index (κ3) is 4.35. The molecular weight excluding hydrogens is 418 g/mol. The number of benzene rings is 3. The van der Waals surface area contributed by atoms with Gasteiger partial charge in [0.25, 0.3) is 17.7 Å². The Morgan fingerprint density at radius 3 is 2.24 bits per heavy atom. The first-order valence-corrected chi connectivity index (χ1v) is 11.0. The van der Waals surface area contributed by atoms with E-state index in [1.165, 1.54) is 4.90 Å². The molecule has 0 aromatic heterocycles. The van der Waals surface area contributed by atoms with E-state index in [1.807, 2.05) is 26.0 Å². The van der Waals surface area contributed by atoms with Crippen LogP contribution >= 0.6 is 0 Å². The largest absolute Gasteiger partial charge is 0.352 e. The zero-order valence-corrected chi connectivity index (χ0v) is 18.6. The number of imide groups is 1. The van der Waals surface area contributed by atoms with Gasteiger partial charge in [0.15, 0.2) is 0 Å². The predicted octanol–water partition coefficient (Wildman–Crippen LogP) is 3.91. The molecule has 4 amide bonds. The summed E-state index contributed by atoms with van der Waals surface area (Å²) >= 11 is 0. The molecule has 1 heterocycles. The van der Waals surface area contributed by atoms with Crippen LogP contribution in [-0.2, 0) is 4.79 Å². The first kappa shape index (κ1) is 22.2. The van der Waals surface area contributed by atoms with Crippen LogP contribution in [0.15, 0.2) is 54.6 Å². The molecule has 3 aromatic rings. The Hall–Kier alpha value is -4.00. The fraction of sp³-hybridized carbons (Fsp3) is 0.231. The molecule has 7 heteroatoms. The molecule has 168 valence electrons. The van der Waals surface area contributed by atoms with Crippen molar-refractivity contribution in [3.63, 3.8) is 0 Å². The lowest BCUT2D eigenvalue weighted by Crippen LogP contribution is -2.41. The number of carbonyl (C=O) groups is 4. The van der Waals surface area contributed by atoms with Crippen LogP contribution in [0.4, 0.5) is 5.69 Å². The fourth-order valence-electron chi connectivity index (χ4n) is 4.05. The van der Waals surface area contributed by atoms with Crippen LogP contribution in [0.1, 0.15) is 56.4 Å². The molecular formula is C26H25N3O4. The van der Waals surface area contributed by atoms with Gasteiger partial charge in [-0.15, -0.1) is 0 Å². The third-order valence-electron chi connectivity index (χ3n) is 5.75. The number of rotatable bonds is 7. The van der Waals surface area contributed by atoms with Gasteiger partial charge in [0.1, 0.15) is 0 Å². The van der Waals surface area contributed by atoms with Gasteiger partial charge in [0.05, 0.1) is 0 Å². The molecule has 3 aromatic carbocycles. The van der Waals surface area contributed by atoms with Crippen molar-refractivity contribution in [3.8, 4) is 0 Å². The minimum atomic E-state index is -0.338. The third-order valence-corrected chi connectivity index (χ3v) is 5.75. The predicted molar refractivity (Wildman–Crippen MR) is 126 cm³/mol. The number of aryl methyl sites for hydroxylation is 1. The highest BCUT2D eigenvalue weighted by molar-refractivity contribution is 6.25. The summed E-state index contributed by atoms with van der Waals surface area (Å²) in [7, 11) is 0. The number of nitrogens with zero attached hydrogens (tertiary/aromatic N) is 1. The summed E-state index contributed by atoms with van der Waals surface area (Å²) in [5, 5.41) is 7.11. The van der Waals surface area contributed by atoms with Crippen LogP contribution < -0.4 is 10.6 Å². The normalized spacial score (nSPS) is 12.7. The highest BCUT2D eigenvalue weighted by Gasteiger charge is 2.32. The summed E-state index contributed by atoms with van der Waals surface area (Å²) in [6.07, 6.45) is 0.463. The Kier molecular flexibility index (Phi) is 6.22. The monoisotopic (exact) mass is 443 g/mol. The van der Waals surface area contributed by atoms with Crippen LogP contribution in [0.25, 0.3) is 10.8 Å². The van der Waals surface area contributed by atoms with Crippen LogP contribution in [0.3, 0.4) is 0 Å². The number of carbonyl (C=O) groups excluding carboxylic acids is 4. The number of hydrogen-bond donors (Lipinski definition) is 2. The average molecular weight is 444 g/mol. The molecule has 0 bridgehead atoms. The van der Waals surface area contributed by atoms with Gasteiger partial charge in [-0.05, 0) is 55.5 Å². The smallest absolute Gasteiger partial charge is 0.261 e. The molecule has 0 atom stereocenters. The molecule has 0 aliphatic carbocycles. The number of hydrogen-bond acceptors (Lipinski definition) is 4. The Morgan fingerprint density at radius 1 is 0.939 bits per heavy atom. The molecule has 1 aliphatic rings. The van der Waals surface area contributed by atoms with Crippen molar-refractivity contribution in [1.29, 1.82) is 0 Å². The topological polar surface area (TPSA) is 95.6 Å². The Balaban J connectivity index is 1.41. The van der Waals surface area contributed by atoms with Gasteiger partial charge in [0, 0.05) is 47.3 Å². The van der Waals surface area contributed by atoms with E-state index < -0.39 is 0 Å². The van der Waals surface area contributed by atoms with Crippen molar-refractivity contribution in [2.45, 2.75) is 26.7 Å². The lowest BCUT2D eigenvalue weighted by molar-refractivity contribution is -0.116. The van der Waals surface area contributed by atoms with E-state index >= 15 is 0 Å². The first-order valence-electron chi connectivity index (χ1n) is 11.0. The number of anilines is 1.